The molecule has 0 saturated heterocycles. The van der Waals surface area contributed by atoms with E-state index >= 15 is 0 Å². The van der Waals surface area contributed by atoms with Crippen molar-refractivity contribution >= 4 is 22.7 Å². The number of pyridine rings is 1. The minimum Gasteiger partial charge on any atom is -0.343 e. The van der Waals surface area contributed by atoms with Crippen molar-refractivity contribution < 1.29 is 0 Å². The second-order valence-electron chi connectivity index (χ2n) is 7.63. The van der Waals surface area contributed by atoms with Crippen LogP contribution in [-0.2, 0) is 13.0 Å². The molecule has 1 aromatic heterocycles. The van der Waals surface area contributed by atoms with E-state index in [0.29, 0.717) is 0 Å². The van der Waals surface area contributed by atoms with Crippen LogP contribution in [0, 0.1) is 0 Å². The first-order valence-corrected chi connectivity index (χ1v) is 11.8. The second-order valence-corrected chi connectivity index (χ2v) is 8.48. The Balaban J connectivity index is 1.74. The molecule has 0 spiro atoms. The van der Waals surface area contributed by atoms with Crippen LogP contribution in [0.4, 0.5) is 0 Å². The molecule has 1 heterocycles. The smallest absolute Gasteiger partial charge is 0.193 e. The minimum atomic E-state index is 0.194. The van der Waals surface area contributed by atoms with Crippen molar-refractivity contribution in [3.63, 3.8) is 0 Å². The fourth-order valence-electron chi connectivity index (χ4n) is 3.94. The highest BCUT2D eigenvalue weighted by Gasteiger charge is 2.12. The summed E-state index contributed by atoms with van der Waals surface area (Å²) < 4.78 is 2.25. The van der Waals surface area contributed by atoms with Crippen LogP contribution in [-0.4, -0.2) is 10.8 Å². The van der Waals surface area contributed by atoms with Crippen LogP contribution in [0.5, 0.6) is 0 Å². The molecular formula is C27H27NOS. The van der Waals surface area contributed by atoms with Crippen LogP contribution >= 0.6 is 11.8 Å². The topological polar surface area (TPSA) is 22.0 Å². The highest BCUT2D eigenvalue weighted by Crippen LogP contribution is 2.26. The molecule has 0 aliphatic heterocycles. The van der Waals surface area contributed by atoms with Gasteiger partial charge in [0.05, 0.1) is 10.9 Å². The summed E-state index contributed by atoms with van der Waals surface area (Å²) >= 11 is 1.65. The molecule has 4 rings (SSSR count). The molecule has 0 atom stereocenters. The van der Waals surface area contributed by atoms with Crippen molar-refractivity contribution in [3.05, 3.63) is 100 Å². The molecule has 0 aliphatic carbocycles. The number of benzene rings is 3. The van der Waals surface area contributed by atoms with E-state index in [4.69, 9.17) is 0 Å². The number of aromatic nitrogens is 1. The number of nitrogens with zero attached hydrogens (tertiary/aromatic N) is 1. The summed E-state index contributed by atoms with van der Waals surface area (Å²) in [6.07, 6.45) is 7.08. The molecule has 30 heavy (non-hydrogen) atoms. The lowest BCUT2D eigenvalue weighted by atomic mass is 10.0. The lowest BCUT2D eigenvalue weighted by molar-refractivity contribution is 0.763. The summed E-state index contributed by atoms with van der Waals surface area (Å²) in [5, 5.41) is 0.861. The molecule has 3 aromatic carbocycles. The van der Waals surface area contributed by atoms with Crippen molar-refractivity contribution in [1.82, 2.24) is 4.57 Å². The number of unbranched alkanes of at least 4 members (excludes halogenated alkanes) is 1. The standard InChI is InChI=1S/C27H27NOS/c1-3-4-9-23-19-28(24-12-8-13-25(30-2)26(24)27(23)29)18-20-14-16-22(17-15-20)21-10-6-5-7-11-21/h5-8,10-17,19H,3-4,9,18H2,1-2H3. The number of aryl methyl sites for hydroxylation is 1. The van der Waals surface area contributed by atoms with Crippen LogP contribution in [0.1, 0.15) is 30.9 Å². The zero-order valence-electron chi connectivity index (χ0n) is 17.6. The van der Waals surface area contributed by atoms with Crippen LogP contribution in [0.2, 0.25) is 0 Å². The first-order chi connectivity index (χ1) is 14.7. The third kappa shape index (κ3) is 4.22. The maximum Gasteiger partial charge on any atom is 0.193 e. The fraction of sp³-hybridized carbons (Fsp3) is 0.222. The molecule has 0 N–H and O–H groups in total. The van der Waals surface area contributed by atoms with Gasteiger partial charge in [-0.1, -0.05) is 74.0 Å². The molecule has 2 nitrogen and oxygen atoms in total. The van der Waals surface area contributed by atoms with Gasteiger partial charge in [0, 0.05) is 23.2 Å². The maximum absolute atomic E-state index is 13.2. The Morgan fingerprint density at radius 3 is 2.30 bits per heavy atom. The van der Waals surface area contributed by atoms with Crippen LogP contribution in [0.25, 0.3) is 22.0 Å². The Kier molecular flexibility index (Phi) is 6.39. The van der Waals surface area contributed by atoms with Gasteiger partial charge in [-0.25, -0.2) is 0 Å². The molecule has 0 radical (unpaired) electrons. The lowest BCUT2D eigenvalue weighted by Crippen LogP contribution is -2.16. The first-order valence-electron chi connectivity index (χ1n) is 10.5. The van der Waals surface area contributed by atoms with E-state index in [2.05, 4.69) is 78.4 Å². The van der Waals surface area contributed by atoms with E-state index < -0.39 is 0 Å². The fourth-order valence-corrected chi connectivity index (χ4v) is 4.56. The van der Waals surface area contributed by atoms with Gasteiger partial charge in [-0.05, 0) is 47.9 Å². The molecule has 0 bridgehead atoms. The second kappa shape index (κ2) is 9.36. The van der Waals surface area contributed by atoms with Gasteiger partial charge in [-0.3, -0.25) is 4.79 Å². The van der Waals surface area contributed by atoms with Gasteiger partial charge in [0.2, 0.25) is 0 Å². The van der Waals surface area contributed by atoms with E-state index in [9.17, 15) is 4.79 Å². The van der Waals surface area contributed by atoms with E-state index in [1.807, 2.05) is 18.4 Å². The molecule has 4 aromatic rings. The van der Waals surface area contributed by atoms with Gasteiger partial charge in [-0.2, -0.15) is 0 Å². The summed E-state index contributed by atoms with van der Waals surface area (Å²) in [5.74, 6) is 0. The van der Waals surface area contributed by atoms with Crippen LogP contribution < -0.4 is 5.43 Å². The van der Waals surface area contributed by atoms with Crippen molar-refractivity contribution in [2.75, 3.05) is 6.26 Å². The highest BCUT2D eigenvalue weighted by atomic mass is 32.2. The van der Waals surface area contributed by atoms with Crippen LogP contribution in [0.15, 0.2) is 88.7 Å². The summed E-state index contributed by atoms with van der Waals surface area (Å²) in [5.41, 5.74) is 5.81. The molecule has 0 unspecified atom stereocenters. The molecular weight excluding hydrogens is 386 g/mol. The van der Waals surface area contributed by atoms with Gasteiger partial charge in [0.15, 0.2) is 5.43 Å². The number of fused-ring (bicyclic) bond motifs is 1. The number of hydrogen-bond donors (Lipinski definition) is 0. The molecule has 0 fully saturated rings. The van der Waals surface area contributed by atoms with E-state index in [0.717, 1.165) is 47.2 Å². The molecule has 0 amide bonds. The van der Waals surface area contributed by atoms with Crippen molar-refractivity contribution in [3.8, 4) is 11.1 Å². The summed E-state index contributed by atoms with van der Waals surface area (Å²) in [6.45, 7) is 2.92. The normalized spacial score (nSPS) is 11.1. The van der Waals surface area contributed by atoms with E-state index in [1.165, 1.54) is 16.7 Å². The molecule has 3 heteroatoms. The summed E-state index contributed by atoms with van der Waals surface area (Å²) in [4.78, 5) is 14.3. The first kappa shape index (κ1) is 20.5. The van der Waals surface area contributed by atoms with E-state index in [-0.39, 0.29) is 5.43 Å². The number of hydrogen-bond acceptors (Lipinski definition) is 2. The monoisotopic (exact) mass is 413 g/mol. The Hall–Kier alpha value is -2.78. The number of thioether (sulfide) groups is 1. The Morgan fingerprint density at radius 1 is 0.867 bits per heavy atom. The predicted molar refractivity (Wildman–Crippen MR) is 130 cm³/mol. The SMILES string of the molecule is CCCCc1cn(Cc2ccc(-c3ccccc3)cc2)c2cccc(SC)c2c1=O. The van der Waals surface area contributed by atoms with Gasteiger partial charge in [-0.15, -0.1) is 11.8 Å². The average molecular weight is 414 g/mol. The minimum absolute atomic E-state index is 0.194. The van der Waals surface area contributed by atoms with Crippen molar-refractivity contribution in [2.24, 2.45) is 0 Å². The third-order valence-electron chi connectivity index (χ3n) is 5.58. The Morgan fingerprint density at radius 2 is 1.60 bits per heavy atom. The number of rotatable bonds is 7. The molecule has 0 saturated carbocycles. The summed E-state index contributed by atoms with van der Waals surface area (Å²) in [6, 6.07) is 25.4. The van der Waals surface area contributed by atoms with Gasteiger partial charge in [0.1, 0.15) is 0 Å². The van der Waals surface area contributed by atoms with Gasteiger partial charge < -0.3 is 4.57 Å². The largest absolute Gasteiger partial charge is 0.343 e. The lowest BCUT2D eigenvalue weighted by Gasteiger charge is -2.16. The highest BCUT2D eigenvalue weighted by molar-refractivity contribution is 7.98. The van der Waals surface area contributed by atoms with Gasteiger partial charge >= 0.3 is 0 Å². The molecule has 0 aliphatic rings. The van der Waals surface area contributed by atoms with Crippen LogP contribution in [0.3, 0.4) is 0 Å². The van der Waals surface area contributed by atoms with E-state index in [1.54, 1.807) is 11.8 Å². The van der Waals surface area contributed by atoms with Crippen molar-refractivity contribution in [1.29, 1.82) is 0 Å². The maximum atomic E-state index is 13.2. The van der Waals surface area contributed by atoms with Gasteiger partial charge in [0.25, 0.3) is 0 Å². The molecule has 152 valence electrons. The Bertz CT molecular complexity index is 1190. The average Bonchev–Trinajstić information content (AvgIpc) is 2.80. The zero-order chi connectivity index (χ0) is 20.9. The summed E-state index contributed by atoms with van der Waals surface area (Å²) in [7, 11) is 0. The predicted octanol–water partition coefficient (Wildman–Crippen LogP) is 6.78. The zero-order valence-corrected chi connectivity index (χ0v) is 18.4. The quantitative estimate of drug-likeness (QED) is 0.311. The Labute approximate surface area is 182 Å². The third-order valence-corrected chi connectivity index (χ3v) is 6.36. The van der Waals surface area contributed by atoms with Crippen molar-refractivity contribution in [2.45, 2.75) is 37.6 Å².